The van der Waals surface area contributed by atoms with E-state index in [2.05, 4.69) is 43.1 Å². The van der Waals surface area contributed by atoms with Gasteiger partial charge in [0.05, 0.1) is 0 Å². The molecule has 1 heterocycles. The molecule has 1 aliphatic heterocycles. The molecule has 3 nitrogen and oxygen atoms in total. The second kappa shape index (κ2) is 7.32. The molecule has 2 rings (SSSR count). The van der Waals surface area contributed by atoms with Gasteiger partial charge in [-0.1, -0.05) is 38.6 Å². The average Bonchev–Trinajstić information content (AvgIpc) is 2.48. The summed E-state index contributed by atoms with van der Waals surface area (Å²) in [4.78, 5) is 15.5. The molecule has 0 spiro atoms. The van der Waals surface area contributed by atoms with E-state index in [0.29, 0.717) is 5.12 Å². The van der Waals surface area contributed by atoms with E-state index in [9.17, 15) is 4.79 Å². The molecule has 1 N–H and O–H groups in total. The van der Waals surface area contributed by atoms with Gasteiger partial charge in [0.1, 0.15) is 0 Å². The van der Waals surface area contributed by atoms with E-state index < -0.39 is 0 Å². The third-order valence-electron chi connectivity index (χ3n) is 4.21. The van der Waals surface area contributed by atoms with Gasteiger partial charge >= 0.3 is 0 Å². The Hall–Kier alpha value is -1.000. The smallest absolute Gasteiger partial charge is 0.196 e. The molecule has 0 saturated carbocycles. The molecular formula is C17H26N2OS. The summed E-state index contributed by atoms with van der Waals surface area (Å²) in [6.45, 7) is 12.7. The summed E-state index contributed by atoms with van der Waals surface area (Å²) in [6.07, 6.45) is 0.858. The molecule has 0 saturated heterocycles. The van der Waals surface area contributed by atoms with Crippen molar-refractivity contribution < 1.29 is 4.79 Å². The van der Waals surface area contributed by atoms with Crippen LogP contribution >= 0.6 is 11.8 Å². The number of hydrogen-bond acceptors (Lipinski definition) is 4. The number of carbonyl (C=O) groups excluding carboxylic acids is 1. The second-order valence-electron chi connectivity index (χ2n) is 5.72. The lowest BCUT2D eigenvalue weighted by Gasteiger charge is -2.25. The van der Waals surface area contributed by atoms with Crippen LogP contribution in [0.1, 0.15) is 31.9 Å². The van der Waals surface area contributed by atoms with E-state index in [1.165, 1.54) is 33.5 Å². The van der Waals surface area contributed by atoms with Gasteiger partial charge in [-0.05, 0) is 43.6 Å². The average molecular weight is 306 g/mol. The minimum atomic E-state index is 0.118. The maximum absolute atomic E-state index is 11.9. The van der Waals surface area contributed by atoms with E-state index in [4.69, 9.17) is 0 Å². The number of fused-ring (bicyclic) bond motifs is 1. The molecule has 116 valence electrons. The largest absolute Gasteiger partial charge is 0.384 e. The first-order valence-corrected chi connectivity index (χ1v) is 8.68. The maximum Gasteiger partial charge on any atom is 0.196 e. The summed E-state index contributed by atoms with van der Waals surface area (Å²) in [5, 5.41) is 3.87. The van der Waals surface area contributed by atoms with E-state index in [-0.39, 0.29) is 5.92 Å². The molecular weight excluding hydrogens is 280 g/mol. The van der Waals surface area contributed by atoms with Crippen molar-refractivity contribution in [2.45, 2.75) is 39.0 Å². The van der Waals surface area contributed by atoms with Crippen LogP contribution in [0.3, 0.4) is 0 Å². The zero-order valence-electron chi connectivity index (χ0n) is 13.5. The molecule has 1 aliphatic rings. The summed E-state index contributed by atoms with van der Waals surface area (Å²) in [5.41, 5.74) is 3.74. The highest BCUT2D eigenvalue weighted by Gasteiger charge is 2.26. The molecule has 0 bridgehead atoms. The highest BCUT2D eigenvalue weighted by Crippen LogP contribution is 2.40. The molecule has 1 aromatic carbocycles. The van der Waals surface area contributed by atoms with Gasteiger partial charge in [0.15, 0.2) is 5.12 Å². The Morgan fingerprint density at radius 2 is 2.05 bits per heavy atom. The van der Waals surface area contributed by atoms with E-state index >= 15 is 0 Å². The fourth-order valence-electron chi connectivity index (χ4n) is 2.73. The van der Waals surface area contributed by atoms with Crippen LogP contribution in [0, 0.1) is 12.8 Å². The highest BCUT2D eigenvalue weighted by molar-refractivity contribution is 8.13. The molecule has 21 heavy (non-hydrogen) atoms. The summed E-state index contributed by atoms with van der Waals surface area (Å²) in [5.74, 6) is 0.118. The molecule has 1 atom stereocenters. The highest BCUT2D eigenvalue weighted by atomic mass is 32.2. The minimum Gasteiger partial charge on any atom is -0.384 e. The molecule has 0 fully saturated rings. The van der Waals surface area contributed by atoms with Gasteiger partial charge in [-0.2, -0.15) is 0 Å². The van der Waals surface area contributed by atoms with Crippen LogP contribution in [-0.4, -0.2) is 36.2 Å². The van der Waals surface area contributed by atoms with Gasteiger partial charge in [0.2, 0.25) is 0 Å². The van der Waals surface area contributed by atoms with Crippen LogP contribution in [0.15, 0.2) is 17.0 Å². The lowest BCUT2D eigenvalue weighted by atomic mass is 9.98. The minimum absolute atomic E-state index is 0.118. The third-order valence-corrected chi connectivity index (χ3v) is 5.59. The van der Waals surface area contributed by atoms with Crippen molar-refractivity contribution in [3.05, 3.63) is 23.3 Å². The second-order valence-corrected chi connectivity index (χ2v) is 6.73. The van der Waals surface area contributed by atoms with E-state index in [1.54, 1.807) is 0 Å². The summed E-state index contributed by atoms with van der Waals surface area (Å²) >= 11 is 1.42. The topological polar surface area (TPSA) is 32.3 Å². The number of carbonyl (C=O) groups is 1. The molecule has 4 heteroatoms. The monoisotopic (exact) mass is 306 g/mol. The van der Waals surface area contributed by atoms with Crippen LogP contribution in [0.4, 0.5) is 5.69 Å². The number of thioether (sulfide) groups is 1. The van der Waals surface area contributed by atoms with Crippen molar-refractivity contribution >= 4 is 22.6 Å². The van der Waals surface area contributed by atoms with Gasteiger partial charge in [-0.15, -0.1) is 0 Å². The predicted molar refractivity (Wildman–Crippen MR) is 91.2 cm³/mol. The zero-order valence-corrected chi connectivity index (χ0v) is 14.3. The maximum atomic E-state index is 11.9. The van der Waals surface area contributed by atoms with Crippen molar-refractivity contribution in [2.24, 2.45) is 5.92 Å². The van der Waals surface area contributed by atoms with Crippen LogP contribution in [-0.2, 0) is 11.2 Å². The number of nitrogens with zero attached hydrogens (tertiary/aromatic N) is 1. The fraction of sp³-hybridized carbons (Fsp3) is 0.588. The molecule has 0 aromatic heterocycles. The zero-order chi connectivity index (χ0) is 15.4. The number of nitrogens with one attached hydrogen (secondary N) is 1. The summed E-state index contributed by atoms with van der Waals surface area (Å²) in [6, 6.07) is 4.29. The number of hydrogen-bond donors (Lipinski definition) is 1. The van der Waals surface area contributed by atoms with Gasteiger partial charge in [0.25, 0.3) is 0 Å². The van der Waals surface area contributed by atoms with Gasteiger partial charge in [-0.25, -0.2) is 0 Å². The molecule has 1 aromatic rings. The number of rotatable bonds is 6. The van der Waals surface area contributed by atoms with Crippen LogP contribution < -0.4 is 5.32 Å². The van der Waals surface area contributed by atoms with Crippen molar-refractivity contribution in [1.29, 1.82) is 0 Å². The van der Waals surface area contributed by atoms with Gasteiger partial charge in [-0.3, -0.25) is 4.79 Å². The Morgan fingerprint density at radius 1 is 1.33 bits per heavy atom. The van der Waals surface area contributed by atoms with Crippen molar-refractivity contribution in [2.75, 3.05) is 31.5 Å². The van der Waals surface area contributed by atoms with Gasteiger partial charge in [0, 0.05) is 29.6 Å². The number of anilines is 1. The number of benzene rings is 1. The van der Waals surface area contributed by atoms with Crippen LogP contribution in [0.5, 0.6) is 0 Å². The van der Waals surface area contributed by atoms with Crippen molar-refractivity contribution in [3.63, 3.8) is 0 Å². The Labute approximate surface area is 132 Å². The van der Waals surface area contributed by atoms with Crippen molar-refractivity contribution in [3.8, 4) is 0 Å². The molecule has 1 unspecified atom stereocenters. The summed E-state index contributed by atoms with van der Waals surface area (Å²) < 4.78 is 0. The number of likely N-dealkylation sites (N-methyl/N-ethyl adjacent to an activating group) is 1. The predicted octanol–water partition coefficient (Wildman–Crippen LogP) is 3.56. The van der Waals surface area contributed by atoms with Crippen LogP contribution in [0.25, 0.3) is 0 Å². The lowest BCUT2D eigenvalue weighted by Crippen LogP contribution is -2.29. The standard InChI is InChI=1S/C17H26N2OS/c1-5-19(6-2)10-9-18-15-8-7-12(3)16-14(15)11-13(4)17(20)21-16/h7-8,13,18H,5-6,9-11H2,1-4H3. The SMILES string of the molecule is CCN(CC)CCNc1ccc(C)c2c1CC(C)C(=O)S2. The number of aryl methyl sites for hydroxylation is 1. The first kappa shape index (κ1) is 16.4. The van der Waals surface area contributed by atoms with Gasteiger partial charge < -0.3 is 10.2 Å². The summed E-state index contributed by atoms with van der Waals surface area (Å²) in [7, 11) is 0. The van der Waals surface area contributed by atoms with Crippen LogP contribution in [0.2, 0.25) is 0 Å². The molecule has 0 radical (unpaired) electrons. The first-order chi connectivity index (χ1) is 10.1. The normalized spacial score (nSPS) is 18.0. The Bertz CT molecular complexity index is 512. The quantitative estimate of drug-likeness (QED) is 0.871. The Balaban J connectivity index is 2.11. The van der Waals surface area contributed by atoms with Crippen molar-refractivity contribution in [1.82, 2.24) is 4.90 Å². The Kier molecular flexibility index (Phi) is 5.71. The molecule has 0 amide bonds. The third kappa shape index (κ3) is 3.80. The van der Waals surface area contributed by atoms with E-state index in [0.717, 1.165) is 32.6 Å². The fourth-order valence-corrected chi connectivity index (χ4v) is 3.77. The lowest BCUT2D eigenvalue weighted by molar-refractivity contribution is -0.114. The van der Waals surface area contributed by atoms with E-state index in [1.807, 2.05) is 6.92 Å². The molecule has 0 aliphatic carbocycles. The Morgan fingerprint density at radius 3 is 2.71 bits per heavy atom. The first-order valence-electron chi connectivity index (χ1n) is 7.87.